The van der Waals surface area contributed by atoms with Crippen molar-refractivity contribution >= 4 is 21.8 Å². The second-order valence-electron chi connectivity index (χ2n) is 6.38. The number of hydrogen-bond donors (Lipinski definition) is 0. The summed E-state index contributed by atoms with van der Waals surface area (Å²) >= 11 is 3.26. The van der Waals surface area contributed by atoms with Crippen LogP contribution in [0.5, 0.6) is 11.5 Å². The molecular formula is C20H19BrF3NO3. The predicted octanol–water partition coefficient (Wildman–Crippen LogP) is 5.39. The summed E-state index contributed by atoms with van der Waals surface area (Å²) in [6.45, 7) is -0.745. The van der Waals surface area contributed by atoms with Gasteiger partial charge in [0, 0.05) is 17.1 Å². The molecule has 3 rings (SSSR count). The third kappa shape index (κ3) is 4.98. The Balaban J connectivity index is 1.85. The van der Waals surface area contributed by atoms with E-state index < -0.39 is 18.3 Å². The van der Waals surface area contributed by atoms with Gasteiger partial charge < -0.3 is 14.4 Å². The first-order chi connectivity index (χ1) is 13.4. The lowest BCUT2D eigenvalue weighted by Gasteiger charge is -2.23. The summed E-state index contributed by atoms with van der Waals surface area (Å²) in [7, 11) is 0. The molecule has 2 aromatic carbocycles. The van der Waals surface area contributed by atoms with Gasteiger partial charge in [-0.15, -0.1) is 0 Å². The average molecular weight is 458 g/mol. The summed E-state index contributed by atoms with van der Waals surface area (Å²) in [5, 5.41) is 0. The molecule has 0 unspecified atom stereocenters. The van der Waals surface area contributed by atoms with Crippen molar-refractivity contribution in [2.75, 3.05) is 6.61 Å². The van der Waals surface area contributed by atoms with E-state index in [0.29, 0.717) is 10.0 Å². The molecule has 1 aliphatic rings. The topological polar surface area (TPSA) is 38.8 Å². The molecule has 4 nitrogen and oxygen atoms in total. The fourth-order valence-electron chi connectivity index (χ4n) is 2.88. The van der Waals surface area contributed by atoms with Gasteiger partial charge in [-0.05, 0) is 55.7 Å². The van der Waals surface area contributed by atoms with Crippen molar-refractivity contribution in [1.82, 2.24) is 4.90 Å². The number of halogens is 4. The number of rotatable bonds is 8. The van der Waals surface area contributed by atoms with Gasteiger partial charge in [0.05, 0.1) is 12.2 Å². The van der Waals surface area contributed by atoms with Crippen LogP contribution in [-0.4, -0.2) is 30.1 Å². The Kier molecular flexibility index (Phi) is 6.49. The smallest absolute Gasteiger partial charge is 0.387 e. The van der Waals surface area contributed by atoms with Gasteiger partial charge in [-0.25, -0.2) is 4.39 Å². The molecule has 1 aliphatic carbocycles. The van der Waals surface area contributed by atoms with E-state index in [-0.39, 0.29) is 36.3 Å². The fourth-order valence-corrected chi connectivity index (χ4v) is 3.24. The number of benzene rings is 2. The number of amides is 1. The molecule has 0 N–H and O–H groups in total. The number of nitrogens with zero attached hydrogens (tertiary/aromatic N) is 1. The van der Waals surface area contributed by atoms with E-state index in [1.165, 1.54) is 24.3 Å². The highest BCUT2D eigenvalue weighted by Crippen LogP contribution is 2.34. The summed E-state index contributed by atoms with van der Waals surface area (Å²) in [4.78, 5) is 14.5. The minimum atomic E-state index is -2.96. The molecule has 0 radical (unpaired) electrons. The molecule has 8 heteroatoms. The monoisotopic (exact) mass is 457 g/mol. The van der Waals surface area contributed by atoms with Crippen LogP contribution in [0.4, 0.5) is 13.2 Å². The Morgan fingerprint density at radius 1 is 1.21 bits per heavy atom. The molecule has 0 aliphatic heterocycles. The number of carbonyl (C=O) groups excluding carboxylic acids is 1. The minimum Gasteiger partial charge on any atom is -0.490 e. The lowest BCUT2D eigenvalue weighted by atomic mass is 10.1. The molecule has 0 spiro atoms. The van der Waals surface area contributed by atoms with Gasteiger partial charge in [-0.3, -0.25) is 4.79 Å². The molecule has 28 heavy (non-hydrogen) atoms. The maximum absolute atomic E-state index is 14.2. The molecule has 150 valence electrons. The van der Waals surface area contributed by atoms with Crippen molar-refractivity contribution in [3.63, 3.8) is 0 Å². The van der Waals surface area contributed by atoms with E-state index in [0.717, 1.165) is 12.8 Å². The molecule has 0 aromatic heterocycles. The zero-order valence-electron chi connectivity index (χ0n) is 15.1. The van der Waals surface area contributed by atoms with Crippen molar-refractivity contribution in [2.45, 2.75) is 39.0 Å². The zero-order chi connectivity index (χ0) is 20.3. The van der Waals surface area contributed by atoms with E-state index in [1.54, 1.807) is 24.0 Å². The van der Waals surface area contributed by atoms with E-state index in [2.05, 4.69) is 20.7 Å². The van der Waals surface area contributed by atoms with Crippen LogP contribution in [0.15, 0.2) is 40.9 Å². The molecule has 0 atom stereocenters. The highest BCUT2D eigenvalue weighted by molar-refractivity contribution is 9.10. The molecule has 0 bridgehead atoms. The van der Waals surface area contributed by atoms with Crippen molar-refractivity contribution in [3.8, 4) is 11.5 Å². The maximum atomic E-state index is 14.2. The number of alkyl halides is 2. The van der Waals surface area contributed by atoms with Crippen LogP contribution in [0.1, 0.15) is 35.7 Å². The van der Waals surface area contributed by atoms with E-state index in [9.17, 15) is 18.0 Å². The van der Waals surface area contributed by atoms with E-state index in [1.807, 2.05) is 0 Å². The number of hydrogen-bond acceptors (Lipinski definition) is 3. The lowest BCUT2D eigenvalue weighted by Crippen LogP contribution is -2.33. The molecule has 0 heterocycles. The largest absolute Gasteiger partial charge is 0.490 e. The van der Waals surface area contributed by atoms with Crippen molar-refractivity contribution in [1.29, 1.82) is 0 Å². The molecule has 1 amide bonds. The van der Waals surface area contributed by atoms with Crippen LogP contribution in [0.25, 0.3) is 0 Å². The van der Waals surface area contributed by atoms with Crippen molar-refractivity contribution in [3.05, 3.63) is 57.8 Å². The van der Waals surface area contributed by atoms with Crippen LogP contribution in [0.2, 0.25) is 0 Å². The summed E-state index contributed by atoms with van der Waals surface area (Å²) in [5.41, 5.74) is 0.671. The summed E-state index contributed by atoms with van der Waals surface area (Å²) in [6, 6.07) is 8.82. The molecule has 1 saturated carbocycles. The van der Waals surface area contributed by atoms with Gasteiger partial charge in [0.25, 0.3) is 5.91 Å². The Hall–Kier alpha value is -2.22. The highest BCUT2D eigenvalue weighted by atomic mass is 79.9. The Labute approximate surface area is 169 Å². The minimum absolute atomic E-state index is 0.0102. The van der Waals surface area contributed by atoms with Gasteiger partial charge in [0.2, 0.25) is 0 Å². The third-order valence-electron chi connectivity index (χ3n) is 4.28. The number of ether oxygens (including phenoxy) is 2. The van der Waals surface area contributed by atoms with Gasteiger partial charge >= 0.3 is 6.61 Å². The van der Waals surface area contributed by atoms with Gasteiger partial charge in [0.15, 0.2) is 11.5 Å². The Morgan fingerprint density at radius 3 is 2.61 bits per heavy atom. The van der Waals surface area contributed by atoms with Crippen LogP contribution in [0.3, 0.4) is 0 Å². The molecule has 1 fully saturated rings. The van der Waals surface area contributed by atoms with Crippen molar-refractivity contribution in [2.24, 2.45) is 0 Å². The summed E-state index contributed by atoms with van der Waals surface area (Å²) in [6.07, 6.45) is 1.68. The molecule has 2 aromatic rings. The van der Waals surface area contributed by atoms with Crippen molar-refractivity contribution < 1.29 is 27.4 Å². The Morgan fingerprint density at radius 2 is 1.96 bits per heavy atom. The summed E-state index contributed by atoms with van der Waals surface area (Å²) in [5.74, 6) is -0.887. The molecule has 0 saturated heterocycles. The third-order valence-corrected chi connectivity index (χ3v) is 4.78. The fraction of sp³-hybridized carbons (Fsp3) is 0.350. The normalized spacial score (nSPS) is 13.5. The lowest BCUT2D eigenvalue weighted by molar-refractivity contribution is -0.0514. The number of carbonyl (C=O) groups is 1. The van der Waals surface area contributed by atoms with Crippen LogP contribution < -0.4 is 9.47 Å². The second-order valence-corrected chi connectivity index (χ2v) is 7.30. The van der Waals surface area contributed by atoms with Crippen LogP contribution >= 0.6 is 15.9 Å². The second kappa shape index (κ2) is 8.86. The van der Waals surface area contributed by atoms with E-state index >= 15 is 0 Å². The first-order valence-electron chi connectivity index (χ1n) is 8.85. The SMILES string of the molecule is CCOc1cc(CN(C(=O)c2cc(Br)ccc2F)C2CC2)ccc1OC(F)F. The maximum Gasteiger partial charge on any atom is 0.387 e. The van der Waals surface area contributed by atoms with Crippen LogP contribution in [-0.2, 0) is 6.54 Å². The van der Waals surface area contributed by atoms with Gasteiger partial charge in [-0.1, -0.05) is 22.0 Å². The van der Waals surface area contributed by atoms with Crippen LogP contribution in [0, 0.1) is 5.82 Å². The van der Waals surface area contributed by atoms with Gasteiger partial charge in [-0.2, -0.15) is 8.78 Å². The zero-order valence-corrected chi connectivity index (χ0v) is 16.7. The molecular weight excluding hydrogens is 439 g/mol. The van der Waals surface area contributed by atoms with Gasteiger partial charge in [0.1, 0.15) is 5.82 Å². The first-order valence-corrected chi connectivity index (χ1v) is 9.65. The summed E-state index contributed by atoms with van der Waals surface area (Å²) < 4.78 is 49.8. The average Bonchev–Trinajstić information content (AvgIpc) is 3.48. The van der Waals surface area contributed by atoms with E-state index in [4.69, 9.17) is 4.74 Å². The predicted molar refractivity (Wildman–Crippen MR) is 101 cm³/mol. The first kappa shape index (κ1) is 20.5. The Bertz CT molecular complexity index is 859. The highest BCUT2D eigenvalue weighted by Gasteiger charge is 2.34. The standard InChI is InChI=1S/C20H19BrF3NO3/c1-2-27-18-9-12(3-8-17(18)28-20(23)24)11-25(14-5-6-14)19(26)15-10-13(21)4-7-16(15)22/h3-4,7-10,14,20H,2,5-6,11H2,1H3. The quantitative estimate of drug-likeness (QED) is 0.533.